The molecule has 0 N–H and O–H groups in total. The second kappa shape index (κ2) is 5.06. The summed E-state index contributed by atoms with van der Waals surface area (Å²) in [6.07, 6.45) is 4.85. The van der Waals surface area contributed by atoms with E-state index in [0.717, 1.165) is 16.0 Å². The van der Waals surface area contributed by atoms with E-state index in [1.165, 1.54) is 25.7 Å². The topological polar surface area (TPSA) is 35.0 Å². The molecule has 0 radical (unpaired) electrons. The molecule has 0 aromatic carbocycles. The van der Waals surface area contributed by atoms with Crippen molar-refractivity contribution in [3.8, 4) is 0 Å². The van der Waals surface area contributed by atoms with Crippen LogP contribution in [0.4, 0.5) is 0 Å². The van der Waals surface area contributed by atoms with E-state index >= 15 is 0 Å². The lowest BCUT2D eigenvalue weighted by atomic mass is 10.2. The van der Waals surface area contributed by atoms with E-state index in [9.17, 15) is 0 Å². The van der Waals surface area contributed by atoms with Crippen molar-refractivity contribution in [3.63, 3.8) is 0 Å². The van der Waals surface area contributed by atoms with Crippen molar-refractivity contribution in [2.24, 2.45) is 5.92 Å². The van der Waals surface area contributed by atoms with Gasteiger partial charge in [-0.2, -0.15) is 0 Å². The monoisotopic (exact) mass is 330 g/mol. The van der Waals surface area contributed by atoms with E-state index in [2.05, 4.69) is 20.9 Å². The van der Waals surface area contributed by atoms with Crippen molar-refractivity contribution >= 4 is 27.5 Å². The molecule has 0 aliphatic heterocycles. The lowest BCUT2D eigenvalue weighted by Gasteiger charge is -2.16. The molecular weight excluding hydrogens is 316 g/mol. The lowest BCUT2D eigenvalue weighted by molar-refractivity contribution is 0.0398. The number of nitrogens with zero attached hydrogens (tertiary/aromatic N) is 2. The molecule has 2 aliphatic carbocycles. The van der Waals surface area contributed by atoms with Crippen molar-refractivity contribution in [1.82, 2.24) is 9.97 Å². The molecule has 0 saturated heterocycles. The summed E-state index contributed by atoms with van der Waals surface area (Å²) in [4.78, 5) is 9.11. The van der Waals surface area contributed by atoms with E-state index in [1.807, 2.05) is 6.92 Å². The number of halogens is 2. The number of aromatic nitrogens is 2. The standard InChI is InChI=1S/C13H16BrClN2O/c1-2-18-11(8-5-6-8)13-16-10(7-3-4-7)9(14)12(15)17-13/h7-8,11H,2-6H2,1H3. The Hall–Kier alpha value is -0.190. The minimum atomic E-state index is 0.0260. The van der Waals surface area contributed by atoms with Crippen LogP contribution in [-0.4, -0.2) is 16.6 Å². The average molecular weight is 332 g/mol. The third-order valence-electron chi connectivity index (χ3n) is 3.47. The van der Waals surface area contributed by atoms with E-state index in [-0.39, 0.29) is 6.10 Å². The smallest absolute Gasteiger partial charge is 0.159 e. The zero-order valence-corrected chi connectivity index (χ0v) is 12.7. The molecule has 1 aromatic heterocycles. The molecule has 0 bridgehead atoms. The van der Waals surface area contributed by atoms with Crippen LogP contribution >= 0.6 is 27.5 Å². The average Bonchev–Trinajstić information content (AvgIpc) is 3.21. The molecule has 0 amide bonds. The van der Waals surface area contributed by atoms with E-state index in [4.69, 9.17) is 21.3 Å². The van der Waals surface area contributed by atoms with Crippen LogP contribution in [0.5, 0.6) is 0 Å². The van der Waals surface area contributed by atoms with Crippen LogP contribution in [0.1, 0.15) is 56.1 Å². The van der Waals surface area contributed by atoms with Crippen LogP contribution in [0.2, 0.25) is 5.15 Å². The van der Waals surface area contributed by atoms with Gasteiger partial charge in [0.1, 0.15) is 11.3 Å². The predicted molar refractivity (Wildman–Crippen MR) is 73.8 cm³/mol. The van der Waals surface area contributed by atoms with Crippen LogP contribution in [0.15, 0.2) is 4.47 Å². The van der Waals surface area contributed by atoms with Crippen molar-refractivity contribution in [2.45, 2.75) is 44.6 Å². The number of hydrogen-bond acceptors (Lipinski definition) is 3. The predicted octanol–water partition coefficient (Wildman–Crippen LogP) is 4.26. The highest BCUT2D eigenvalue weighted by Crippen LogP contribution is 2.46. The summed E-state index contributed by atoms with van der Waals surface area (Å²) in [6.45, 7) is 2.70. The molecule has 2 aliphatic rings. The summed E-state index contributed by atoms with van der Waals surface area (Å²) in [7, 11) is 0. The molecule has 3 nitrogen and oxygen atoms in total. The van der Waals surface area contributed by atoms with E-state index < -0.39 is 0 Å². The Morgan fingerprint density at radius 1 is 1.33 bits per heavy atom. The van der Waals surface area contributed by atoms with Gasteiger partial charge in [0.15, 0.2) is 5.82 Å². The Bertz CT molecular complexity index is 461. The largest absolute Gasteiger partial charge is 0.370 e. The zero-order chi connectivity index (χ0) is 12.7. The SMILES string of the molecule is CCOC(c1nc(Cl)c(Br)c(C2CC2)n1)C1CC1. The van der Waals surface area contributed by atoms with E-state index in [0.29, 0.717) is 23.6 Å². The second-order valence-electron chi connectivity index (χ2n) is 5.06. The zero-order valence-electron chi connectivity index (χ0n) is 10.3. The summed E-state index contributed by atoms with van der Waals surface area (Å²) in [5, 5.41) is 0.521. The molecule has 1 atom stereocenters. The third-order valence-corrected chi connectivity index (χ3v) is 4.75. The summed E-state index contributed by atoms with van der Waals surface area (Å²) >= 11 is 9.70. The maximum Gasteiger partial charge on any atom is 0.159 e. The van der Waals surface area contributed by atoms with Gasteiger partial charge in [-0.1, -0.05) is 11.6 Å². The molecule has 1 unspecified atom stereocenters. The van der Waals surface area contributed by atoms with Gasteiger partial charge in [0.25, 0.3) is 0 Å². The molecule has 2 saturated carbocycles. The van der Waals surface area contributed by atoms with Gasteiger partial charge >= 0.3 is 0 Å². The minimum Gasteiger partial charge on any atom is -0.370 e. The summed E-state index contributed by atoms with van der Waals surface area (Å²) in [5.74, 6) is 1.91. The van der Waals surface area contributed by atoms with Gasteiger partial charge < -0.3 is 4.74 Å². The van der Waals surface area contributed by atoms with Crippen LogP contribution in [-0.2, 0) is 4.74 Å². The summed E-state index contributed by atoms with van der Waals surface area (Å²) < 4.78 is 6.67. The highest BCUT2D eigenvalue weighted by atomic mass is 79.9. The number of rotatable bonds is 5. The van der Waals surface area contributed by atoms with Gasteiger partial charge in [-0.25, -0.2) is 9.97 Å². The van der Waals surface area contributed by atoms with Crippen molar-refractivity contribution in [1.29, 1.82) is 0 Å². The van der Waals surface area contributed by atoms with Gasteiger partial charge in [0.2, 0.25) is 0 Å². The molecule has 5 heteroatoms. The Morgan fingerprint density at radius 3 is 2.61 bits per heavy atom. The number of ether oxygens (including phenoxy) is 1. The molecule has 1 heterocycles. The molecule has 98 valence electrons. The molecular formula is C13H16BrClN2O. The van der Waals surface area contributed by atoms with Gasteiger partial charge in [0.05, 0.1) is 10.2 Å². The quantitative estimate of drug-likeness (QED) is 0.756. The van der Waals surface area contributed by atoms with Crippen molar-refractivity contribution in [2.75, 3.05) is 6.61 Å². The summed E-state index contributed by atoms with van der Waals surface area (Å²) in [6, 6.07) is 0. The first-order valence-electron chi connectivity index (χ1n) is 6.55. The van der Waals surface area contributed by atoms with Crippen molar-refractivity contribution < 1.29 is 4.74 Å². The van der Waals surface area contributed by atoms with Crippen LogP contribution in [0, 0.1) is 5.92 Å². The Morgan fingerprint density at radius 2 is 2.06 bits per heavy atom. The second-order valence-corrected chi connectivity index (χ2v) is 6.21. The Labute approximate surface area is 120 Å². The van der Waals surface area contributed by atoms with Crippen LogP contribution < -0.4 is 0 Å². The first kappa shape index (κ1) is 12.8. The fourth-order valence-electron chi connectivity index (χ4n) is 2.21. The first-order valence-corrected chi connectivity index (χ1v) is 7.72. The number of hydrogen-bond donors (Lipinski definition) is 0. The molecule has 18 heavy (non-hydrogen) atoms. The highest BCUT2D eigenvalue weighted by molar-refractivity contribution is 9.10. The molecule has 0 spiro atoms. The fraction of sp³-hybridized carbons (Fsp3) is 0.692. The van der Waals surface area contributed by atoms with Crippen LogP contribution in [0.25, 0.3) is 0 Å². The Balaban J connectivity index is 1.94. The van der Waals surface area contributed by atoms with Gasteiger partial charge in [-0.3, -0.25) is 0 Å². The fourth-order valence-corrected chi connectivity index (χ4v) is 2.89. The molecule has 3 rings (SSSR count). The normalized spacial score (nSPS) is 21.1. The maximum atomic E-state index is 6.21. The van der Waals surface area contributed by atoms with Crippen molar-refractivity contribution in [3.05, 3.63) is 21.1 Å². The Kier molecular flexibility index (Phi) is 3.61. The maximum absolute atomic E-state index is 6.21. The van der Waals surface area contributed by atoms with E-state index in [1.54, 1.807) is 0 Å². The van der Waals surface area contributed by atoms with Gasteiger partial charge in [0, 0.05) is 12.5 Å². The summed E-state index contributed by atoms with van der Waals surface area (Å²) in [5.41, 5.74) is 1.07. The minimum absolute atomic E-state index is 0.0260. The highest BCUT2D eigenvalue weighted by Gasteiger charge is 2.37. The first-order chi connectivity index (χ1) is 8.70. The van der Waals surface area contributed by atoms with Gasteiger partial charge in [-0.15, -0.1) is 0 Å². The third kappa shape index (κ3) is 2.56. The molecule has 1 aromatic rings. The lowest BCUT2D eigenvalue weighted by Crippen LogP contribution is -2.12. The molecule has 2 fully saturated rings. The van der Waals surface area contributed by atoms with Gasteiger partial charge in [-0.05, 0) is 54.5 Å². The van der Waals surface area contributed by atoms with Crippen LogP contribution in [0.3, 0.4) is 0 Å².